The number of nitrogens with zero attached hydrogens (tertiary/aromatic N) is 5. The van der Waals surface area contributed by atoms with Crippen LogP contribution < -0.4 is 0 Å². The number of nitriles is 1. The summed E-state index contributed by atoms with van der Waals surface area (Å²) < 4.78 is 1.91. The molecule has 1 N–H and O–H groups in total. The van der Waals surface area contributed by atoms with E-state index in [4.69, 9.17) is 5.26 Å². The Hall–Kier alpha value is -2.68. The zero-order chi connectivity index (χ0) is 16.1. The molecule has 6 heteroatoms. The van der Waals surface area contributed by atoms with Crippen molar-refractivity contribution < 1.29 is 0 Å². The minimum absolute atomic E-state index is 0.129. The maximum atomic E-state index is 9.08. The first-order chi connectivity index (χ1) is 11.3. The van der Waals surface area contributed by atoms with Crippen molar-refractivity contribution in [1.82, 2.24) is 24.7 Å². The molecular formula is C17H20N6. The van der Waals surface area contributed by atoms with Crippen LogP contribution in [0.3, 0.4) is 0 Å². The van der Waals surface area contributed by atoms with Gasteiger partial charge in [0, 0.05) is 23.3 Å². The highest BCUT2D eigenvalue weighted by Crippen LogP contribution is 2.26. The maximum absolute atomic E-state index is 9.08. The standard InChI is InChI=1S/C17H20N6/c1-2-3-4-5-14(6-8-18)23-11-13(10-22-23)16-15-7-9-19-17(15)21-12-20-16/h7,9-12,14H,2-6H2,1H3,(H,19,20,21)/t14-/m0/s1. The van der Waals surface area contributed by atoms with Crippen LogP contribution in [0.4, 0.5) is 0 Å². The zero-order valence-electron chi connectivity index (χ0n) is 13.2. The number of rotatable bonds is 7. The molecule has 0 fully saturated rings. The lowest BCUT2D eigenvalue weighted by Gasteiger charge is -2.13. The van der Waals surface area contributed by atoms with E-state index < -0.39 is 0 Å². The molecule has 3 heterocycles. The van der Waals surface area contributed by atoms with Crippen molar-refractivity contribution in [2.24, 2.45) is 0 Å². The summed E-state index contributed by atoms with van der Waals surface area (Å²) in [5, 5.41) is 14.5. The van der Waals surface area contributed by atoms with Crippen molar-refractivity contribution in [3.8, 4) is 17.3 Å². The number of H-pyrrole nitrogens is 1. The first-order valence-electron chi connectivity index (χ1n) is 8.03. The van der Waals surface area contributed by atoms with Crippen LogP contribution in [0.25, 0.3) is 22.3 Å². The van der Waals surface area contributed by atoms with Crippen LogP contribution in [0.15, 0.2) is 31.0 Å². The minimum atomic E-state index is 0.129. The normalized spacial score (nSPS) is 12.3. The van der Waals surface area contributed by atoms with E-state index >= 15 is 0 Å². The van der Waals surface area contributed by atoms with Gasteiger partial charge >= 0.3 is 0 Å². The Kier molecular flexibility index (Phi) is 4.67. The average molecular weight is 308 g/mol. The molecule has 0 aliphatic heterocycles. The number of aromatic nitrogens is 5. The van der Waals surface area contributed by atoms with Crippen molar-refractivity contribution in [2.75, 3.05) is 0 Å². The molecule has 3 rings (SSSR count). The van der Waals surface area contributed by atoms with E-state index in [2.05, 4.69) is 33.0 Å². The summed E-state index contributed by atoms with van der Waals surface area (Å²) in [7, 11) is 0. The van der Waals surface area contributed by atoms with Gasteiger partial charge in [-0.1, -0.05) is 26.2 Å². The molecule has 0 radical (unpaired) electrons. The molecule has 0 saturated heterocycles. The number of hydrogen-bond acceptors (Lipinski definition) is 4. The molecule has 1 atom stereocenters. The second-order valence-corrected chi connectivity index (χ2v) is 5.68. The molecule has 0 aromatic carbocycles. The highest BCUT2D eigenvalue weighted by Gasteiger charge is 2.14. The van der Waals surface area contributed by atoms with Gasteiger partial charge in [-0.05, 0) is 12.5 Å². The Morgan fingerprint density at radius 2 is 2.26 bits per heavy atom. The van der Waals surface area contributed by atoms with Gasteiger partial charge in [-0.15, -0.1) is 0 Å². The molecular weight excluding hydrogens is 288 g/mol. The Morgan fingerprint density at radius 3 is 3.09 bits per heavy atom. The van der Waals surface area contributed by atoms with Crippen LogP contribution in [0, 0.1) is 11.3 Å². The van der Waals surface area contributed by atoms with Crippen molar-refractivity contribution in [1.29, 1.82) is 5.26 Å². The second kappa shape index (κ2) is 7.05. The van der Waals surface area contributed by atoms with Gasteiger partial charge in [-0.2, -0.15) is 10.4 Å². The van der Waals surface area contributed by atoms with Gasteiger partial charge in [-0.3, -0.25) is 4.68 Å². The Labute approximate surface area is 135 Å². The fourth-order valence-corrected chi connectivity index (χ4v) is 2.83. The molecule has 118 valence electrons. The molecule has 3 aromatic rings. The average Bonchev–Trinajstić information content (AvgIpc) is 3.23. The first kappa shape index (κ1) is 15.2. The fourth-order valence-electron chi connectivity index (χ4n) is 2.83. The molecule has 0 amide bonds. The van der Waals surface area contributed by atoms with E-state index in [9.17, 15) is 0 Å². The van der Waals surface area contributed by atoms with Crippen molar-refractivity contribution >= 4 is 11.0 Å². The molecule has 0 spiro atoms. The highest BCUT2D eigenvalue weighted by molar-refractivity contribution is 5.89. The summed E-state index contributed by atoms with van der Waals surface area (Å²) in [4.78, 5) is 11.7. The summed E-state index contributed by atoms with van der Waals surface area (Å²) in [6, 6.07) is 4.37. The van der Waals surface area contributed by atoms with Crippen molar-refractivity contribution in [3.63, 3.8) is 0 Å². The van der Waals surface area contributed by atoms with Crippen LogP contribution in [0.2, 0.25) is 0 Å². The molecule has 3 aromatic heterocycles. The third kappa shape index (κ3) is 3.24. The van der Waals surface area contributed by atoms with Crippen LogP contribution in [-0.4, -0.2) is 24.7 Å². The summed E-state index contributed by atoms with van der Waals surface area (Å²) in [6.07, 6.45) is 12.2. The van der Waals surface area contributed by atoms with E-state index in [1.165, 1.54) is 12.8 Å². The van der Waals surface area contributed by atoms with E-state index in [0.29, 0.717) is 6.42 Å². The molecule has 0 unspecified atom stereocenters. The van der Waals surface area contributed by atoms with Crippen LogP contribution >= 0.6 is 0 Å². The van der Waals surface area contributed by atoms with Crippen LogP contribution in [0.5, 0.6) is 0 Å². The zero-order valence-corrected chi connectivity index (χ0v) is 13.2. The van der Waals surface area contributed by atoms with Gasteiger partial charge in [0.25, 0.3) is 0 Å². The highest BCUT2D eigenvalue weighted by atomic mass is 15.3. The number of aromatic amines is 1. The molecule has 6 nitrogen and oxygen atoms in total. The third-order valence-electron chi connectivity index (χ3n) is 4.07. The summed E-state index contributed by atoms with van der Waals surface area (Å²) in [5.41, 5.74) is 2.64. The molecule has 0 aliphatic carbocycles. The summed E-state index contributed by atoms with van der Waals surface area (Å²) in [5.74, 6) is 0. The number of fused-ring (bicyclic) bond motifs is 1. The third-order valence-corrected chi connectivity index (χ3v) is 4.07. The Balaban J connectivity index is 1.86. The SMILES string of the molecule is CCCCC[C@@H](CC#N)n1cc(-c2ncnc3[nH]ccc23)cn1. The Morgan fingerprint density at radius 1 is 1.35 bits per heavy atom. The number of nitrogens with one attached hydrogen (secondary N) is 1. The largest absolute Gasteiger partial charge is 0.346 e. The van der Waals surface area contributed by atoms with Crippen LogP contribution in [0.1, 0.15) is 45.1 Å². The van der Waals surface area contributed by atoms with Gasteiger partial charge in [0.2, 0.25) is 0 Å². The maximum Gasteiger partial charge on any atom is 0.141 e. The predicted molar refractivity (Wildman–Crippen MR) is 88.5 cm³/mol. The topological polar surface area (TPSA) is 83.2 Å². The molecule has 0 aliphatic rings. The van der Waals surface area contributed by atoms with E-state index in [1.54, 1.807) is 6.33 Å². The minimum Gasteiger partial charge on any atom is -0.346 e. The van der Waals surface area contributed by atoms with Crippen molar-refractivity contribution in [3.05, 3.63) is 31.0 Å². The monoisotopic (exact) mass is 308 g/mol. The second-order valence-electron chi connectivity index (χ2n) is 5.68. The smallest absolute Gasteiger partial charge is 0.141 e. The fraction of sp³-hybridized carbons (Fsp3) is 0.412. The quantitative estimate of drug-likeness (QED) is 0.672. The lowest BCUT2D eigenvalue weighted by atomic mass is 10.1. The van der Waals surface area contributed by atoms with Crippen molar-refractivity contribution in [2.45, 2.75) is 45.1 Å². The number of unbranched alkanes of at least 4 members (excludes halogenated alkanes) is 2. The van der Waals surface area contributed by atoms with Gasteiger partial charge in [0.15, 0.2) is 0 Å². The number of hydrogen-bond donors (Lipinski definition) is 1. The van der Waals surface area contributed by atoms with Gasteiger partial charge in [0.05, 0.1) is 30.4 Å². The molecule has 0 saturated carbocycles. The van der Waals surface area contributed by atoms with Gasteiger partial charge < -0.3 is 4.98 Å². The Bertz CT molecular complexity index is 810. The van der Waals surface area contributed by atoms with E-state index in [1.807, 2.05) is 29.3 Å². The lowest BCUT2D eigenvalue weighted by molar-refractivity contribution is 0.414. The van der Waals surface area contributed by atoms with Gasteiger partial charge in [0.1, 0.15) is 12.0 Å². The predicted octanol–water partition coefficient (Wildman–Crippen LogP) is 3.86. The van der Waals surface area contributed by atoms with E-state index in [-0.39, 0.29) is 6.04 Å². The van der Waals surface area contributed by atoms with Crippen LogP contribution in [-0.2, 0) is 0 Å². The summed E-state index contributed by atoms with van der Waals surface area (Å²) in [6.45, 7) is 2.18. The lowest BCUT2D eigenvalue weighted by Crippen LogP contribution is -2.09. The first-order valence-corrected chi connectivity index (χ1v) is 8.03. The van der Waals surface area contributed by atoms with E-state index in [0.717, 1.165) is 35.1 Å². The summed E-state index contributed by atoms with van der Waals surface area (Å²) >= 11 is 0. The molecule has 23 heavy (non-hydrogen) atoms. The molecule has 0 bridgehead atoms. The van der Waals surface area contributed by atoms with Gasteiger partial charge in [-0.25, -0.2) is 9.97 Å².